The molecule has 1 aromatic carbocycles. The normalized spacial score (nSPS) is 19.8. The third-order valence-corrected chi connectivity index (χ3v) is 9.03. The lowest BCUT2D eigenvalue weighted by atomic mass is 9.80. The zero-order chi connectivity index (χ0) is 30.4. The molecule has 0 spiro atoms. The minimum absolute atomic E-state index is 0.119. The van der Waals surface area contributed by atoms with E-state index in [2.05, 4.69) is 56.6 Å². The summed E-state index contributed by atoms with van der Waals surface area (Å²) in [5.41, 5.74) is 2.04. The molecule has 3 aromatic rings. The highest BCUT2D eigenvalue weighted by molar-refractivity contribution is 5.87. The van der Waals surface area contributed by atoms with Crippen LogP contribution in [-0.2, 0) is 16.1 Å². The second kappa shape index (κ2) is 14.0. The molecular weight excluding hydrogens is 542 g/mol. The molecular formula is C33H49N7O3. The number of benzene rings is 1. The number of amides is 1. The number of anilines is 1. The van der Waals surface area contributed by atoms with Crippen LogP contribution in [0.15, 0.2) is 36.8 Å². The standard InChI is InChI=1S/C33H49N7O3/c1-6-43-28-9-7-8-26(20-28)23-40-31-29(21-36-40)30(34-24-35-31)37-14-16-38(17-15-37)32(41)27-12-10-25(11-13-27)22-39(18-19-42-5)33(2,3)4/h7-9,20-21,24-25,27H,6,10-19,22-23H2,1-5H3/t25-,27-. The van der Waals surface area contributed by atoms with Gasteiger partial charge in [-0.25, -0.2) is 14.6 Å². The van der Waals surface area contributed by atoms with Crippen molar-refractivity contribution < 1.29 is 14.3 Å². The van der Waals surface area contributed by atoms with Gasteiger partial charge in [-0.1, -0.05) is 12.1 Å². The fourth-order valence-electron chi connectivity index (χ4n) is 6.52. The molecule has 1 saturated carbocycles. The highest BCUT2D eigenvalue weighted by Gasteiger charge is 2.33. The van der Waals surface area contributed by atoms with Crippen LogP contribution in [0, 0.1) is 11.8 Å². The molecule has 3 heterocycles. The minimum atomic E-state index is 0.119. The summed E-state index contributed by atoms with van der Waals surface area (Å²) >= 11 is 0. The Morgan fingerprint density at radius 3 is 2.53 bits per heavy atom. The Balaban J connectivity index is 1.15. The second-order valence-corrected chi connectivity index (χ2v) is 13.0. The van der Waals surface area contributed by atoms with Crippen LogP contribution in [0.5, 0.6) is 5.75 Å². The zero-order valence-electron chi connectivity index (χ0n) is 26.7. The predicted molar refractivity (Wildman–Crippen MR) is 169 cm³/mol. The monoisotopic (exact) mass is 591 g/mol. The summed E-state index contributed by atoms with van der Waals surface area (Å²) in [7, 11) is 1.77. The quantitative estimate of drug-likeness (QED) is 0.323. The number of hydrogen-bond donors (Lipinski definition) is 0. The molecule has 0 bridgehead atoms. The van der Waals surface area contributed by atoms with Gasteiger partial charge in [-0.3, -0.25) is 9.69 Å². The van der Waals surface area contributed by atoms with Crippen molar-refractivity contribution in [1.29, 1.82) is 0 Å². The molecule has 0 radical (unpaired) electrons. The van der Waals surface area contributed by atoms with E-state index in [9.17, 15) is 4.79 Å². The van der Waals surface area contributed by atoms with Crippen molar-refractivity contribution in [3.8, 4) is 5.75 Å². The van der Waals surface area contributed by atoms with Gasteiger partial charge in [0.15, 0.2) is 5.65 Å². The van der Waals surface area contributed by atoms with Crippen LogP contribution in [0.25, 0.3) is 11.0 Å². The second-order valence-electron chi connectivity index (χ2n) is 13.0. The van der Waals surface area contributed by atoms with Crippen LogP contribution < -0.4 is 9.64 Å². The van der Waals surface area contributed by atoms with E-state index in [1.54, 1.807) is 13.4 Å². The van der Waals surface area contributed by atoms with Crippen LogP contribution in [0.3, 0.4) is 0 Å². The van der Waals surface area contributed by atoms with Gasteiger partial charge in [0.05, 0.1) is 31.3 Å². The van der Waals surface area contributed by atoms with Gasteiger partial charge in [-0.2, -0.15) is 5.10 Å². The molecule has 1 aliphatic carbocycles. The van der Waals surface area contributed by atoms with E-state index in [4.69, 9.17) is 9.47 Å². The van der Waals surface area contributed by atoms with E-state index in [0.29, 0.717) is 25.0 Å². The van der Waals surface area contributed by atoms with E-state index in [-0.39, 0.29) is 11.5 Å². The number of piperazine rings is 1. The van der Waals surface area contributed by atoms with Crippen LogP contribution in [-0.4, -0.2) is 101 Å². The molecule has 10 heteroatoms. The van der Waals surface area contributed by atoms with Crippen LogP contribution in [0.4, 0.5) is 5.82 Å². The Labute approximate surface area is 256 Å². The Hall–Kier alpha value is -3.24. The molecule has 43 heavy (non-hydrogen) atoms. The molecule has 1 saturated heterocycles. The van der Waals surface area contributed by atoms with Gasteiger partial charge in [0, 0.05) is 57.8 Å². The predicted octanol–water partition coefficient (Wildman–Crippen LogP) is 4.48. The van der Waals surface area contributed by atoms with Crippen molar-refractivity contribution in [2.75, 3.05) is 64.5 Å². The molecule has 1 aliphatic heterocycles. The Morgan fingerprint density at radius 2 is 1.84 bits per heavy atom. The number of ether oxygens (including phenoxy) is 2. The maximum Gasteiger partial charge on any atom is 0.225 e. The fourth-order valence-corrected chi connectivity index (χ4v) is 6.52. The number of fused-ring (bicyclic) bond motifs is 1. The minimum Gasteiger partial charge on any atom is -0.494 e. The van der Waals surface area contributed by atoms with Gasteiger partial charge < -0.3 is 19.3 Å². The van der Waals surface area contributed by atoms with E-state index in [1.165, 1.54) is 0 Å². The molecule has 10 nitrogen and oxygen atoms in total. The molecule has 2 fully saturated rings. The largest absolute Gasteiger partial charge is 0.494 e. The maximum absolute atomic E-state index is 13.5. The van der Waals surface area contributed by atoms with Crippen molar-refractivity contribution in [2.45, 2.75) is 65.5 Å². The molecule has 5 rings (SSSR count). The first-order chi connectivity index (χ1) is 20.8. The zero-order valence-corrected chi connectivity index (χ0v) is 26.7. The molecule has 0 N–H and O–H groups in total. The number of carbonyl (C=O) groups is 1. The third-order valence-electron chi connectivity index (χ3n) is 9.03. The first-order valence-corrected chi connectivity index (χ1v) is 15.9. The van der Waals surface area contributed by atoms with Gasteiger partial charge >= 0.3 is 0 Å². The lowest BCUT2D eigenvalue weighted by molar-refractivity contribution is -0.137. The molecule has 0 unspecified atom stereocenters. The number of methoxy groups -OCH3 is 1. The smallest absolute Gasteiger partial charge is 0.225 e. The summed E-state index contributed by atoms with van der Waals surface area (Å²) in [6.45, 7) is 15.8. The number of nitrogens with zero attached hydrogens (tertiary/aromatic N) is 7. The average Bonchev–Trinajstić information content (AvgIpc) is 3.42. The third kappa shape index (κ3) is 7.65. The SMILES string of the molecule is CCOc1cccc(Cn2ncc3c(N4CCN(C(=O)[C@H]5CC[C@H](CN(CCOC)C(C)(C)C)CC5)CC4)ncnc32)c1. The van der Waals surface area contributed by atoms with Crippen molar-refractivity contribution in [2.24, 2.45) is 11.8 Å². The topological polar surface area (TPSA) is 88.9 Å². The van der Waals surface area contributed by atoms with Crippen LogP contribution >= 0.6 is 0 Å². The van der Waals surface area contributed by atoms with Crippen molar-refractivity contribution >= 4 is 22.8 Å². The van der Waals surface area contributed by atoms with Gasteiger partial charge in [-0.15, -0.1) is 0 Å². The fraction of sp³-hybridized carbons (Fsp3) is 0.636. The molecule has 1 amide bonds. The summed E-state index contributed by atoms with van der Waals surface area (Å²) < 4.78 is 12.9. The molecule has 2 aromatic heterocycles. The molecule has 234 valence electrons. The summed E-state index contributed by atoms with van der Waals surface area (Å²) in [4.78, 5) is 29.6. The highest BCUT2D eigenvalue weighted by Crippen LogP contribution is 2.33. The first-order valence-electron chi connectivity index (χ1n) is 15.9. The Bertz CT molecular complexity index is 1340. The van der Waals surface area contributed by atoms with Gasteiger partial charge in [0.1, 0.15) is 17.9 Å². The summed E-state index contributed by atoms with van der Waals surface area (Å²) in [5, 5.41) is 5.59. The van der Waals surface area contributed by atoms with Gasteiger partial charge in [-0.05, 0) is 77.0 Å². The van der Waals surface area contributed by atoms with Crippen LogP contribution in [0.1, 0.15) is 58.9 Å². The van der Waals surface area contributed by atoms with Crippen molar-refractivity contribution in [3.63, 3.8) is 0 Å². The lowest BCUT2D eigenvalue weighted by Gasteiger charge is -2.41. The summed E-state index contributed by atoms with van der Waals surface area (Å²) in [6.07, 6.45) is 7.71. The van der Waals surface area contributed by atoms with E-state index in [0.717, 1.165) is 99.7 Å². The molecule has 0 atom stereocenters. The van der Waals surface area contributed by atoms with E-state index >= 15 is 0 Å². The highest BCUT2D eigenvalue weighted by atomic mass is 16.5. The Kier molecular flexibility index (Phi) is 10.2. The number of hydrogen-bond acceptors (Lipinski definition) is 8. The first kappa shape index (κ1) is 31.2. The Morgan fingerprint density at radius 1 is 1.07 bits per heavy atom. The van der Waals surface area contributed by atoms with Crippen LogP contribution in [0.2, 0.25) is 0 Å². The summed E-state index contributed by atoms with van der Waals surface area (Å²) in [5.74, 6) is 2.88. The van der Waals surface area contributed by atoms with Gasteiger partial charge in [0.25, 0.3) is 0 Å². The van der Waals surface area contributed by atoms with E-state index < -0.39 is 0 Å². The number of carbonyl (C=O) groups excluding carboxylic acids is 1. The number of aromatic nitrogens is 4. The average molecular weight is 592 g/mol. The van der Waals surface area contributed by atoms with Crippen molar-refractivity contribution in [1.82, 2.24) is 29.5 Å². The van der Waals surface area contributed by atoms with E-state index in [1.807, 2.05) is 36.0 Å². The molecule has 2 aliphatic rings. The van der Waals surface area contributed by atoms with Crippen molar-refractivity contribution in [3.05, 3.63) is 42.4 Å². The lowest BCUT2D eigenvalue weighted by Crippen LogP contribution is -2.51. The number of rotatable bonds is 11. The maximum atomic E-state index is 13.5. The van der Waals surface area contributed by atoms with Gasteiger partial charge in [0.2, 0.25) is 5.91 Å². The summed E-state index contributed by atoms with van der Waals surface area (Å²) in [6, 6.07) is 8.09.